The van der Waals surface area contributed by atoms with E-state index in [9.17, 15) is 15.2 Å². The van der Waals surface area contributed by atoms with Crippen LogP contribution in [0.5, 0.6) is 5.75 Å². The summed E-state index contributed by atoms with van der Waals surface area (Å²) >= 11 is 4.25. The highest BCUT2D eigenvalue weighted by molar-refractivity contribution is 7.81. The summed E-state index contributed by atoms with van der Waals surface area (Å²) in [5, 5.41) is 20.0. The molecule has 1 aromatic rings. The molecule has 0 unspecified atom stereocenters. The Labute approximate surface area is 87.1 Å². The SMILES string of the molecule is CC(C)(S)c1cc([N+](=O)[O-])ccc1O. The van der Waals surface area contributed by atoms with Gasteiger partial charge in [0.05, 0.1) is 4.92 Å². The number of hydrogen-bond donors (Lipinski definition) is 2. The number of nitrogens with zero attached hydrogens (tertiary/aromatic N) is 1. The minimum atomic E-state index is -0.601. The summed E-state index contributed by atoms with van der Waals surface area (Å²) in [6, 6.07) is 3.91. The third kappa shape index (κ3) is 2.17. The van der Waals surface area contributed by atoms with Gasteiger partial charge in [-0.15, -0.1) is 0 Å². The Hall–Kier alpha value is -1.23. The number of hydrogen-bond acceptors (Lipinski definition) is 4. The molecule has 0 radical (unpaired) electrons. The topological polar surface area (TPSA) is 63.4 Å². The van der Waals surface area contributed by atoms with Crippen molar-refractivity contribution in [2.45, 2.75) is 18.6 Å². The lowest BCUT2D eigenvalue weighted by atomic mass is 10.0. The van der Waals surface area contributed by atoms with Gasteiger partial charge in [-0.3, -0.25) is 10.1 Å². The average Bonchev–Trinajstić information content (AvgIpc) is 2.02. The van der Waals surface area contributed by atoms with Crippen molar-refractivity contribution >= 4 is 18.3 Å². The Morgan fingerprint density at radius 3 is 2.50 bits per heavy atom. The summed E-state index contributed by atoms with van der Waals surface area (Å²) in [6.07, 6.45) is 0. The summed E-state index contributed by atoms with van der Waals surface area (Å²) < 4.78 is -0.601. The van der Waals surface area contributed by atoms with Gasteiger partial charge in [0.2, 0.25) is 0 Å². The van der Waals surface area contributed by atoms with Gasteiger partial charge in [-0.05, 0) is 19.9 Å². The number of non-ortho nitro benzene ring substituents is 1. The Kier molecular flexibility index (Phi) is 2.71. The molecule has 0 aliphatic heterocycles. The number of rotatable bonds is 2. The quantitative estimate of drug-likeness (QED) is 0.450. The first-order valence-corrected chi connectivity index (χ1v) is 4.47. The Morgan fingerprint density at radius 2 is 2.07 bits per heavy atom. The smallest absolute Gasteiger partial charge is 0.270 e. The van der Waals surface area contributed by atoms with E-state index in [2.05, 4.69) is 12.6 Å². The minimum Gasteiger partial charge on any atom is -0.508 e. The highest BCUT2D eigenvalue weighted by Crippen LogP contribution is 2.35. The number of nitro groups is 1. The average molecular weight is 213 g/mol. The number of phenolic OH excluding ortho intramolecular Hbond substituents is 1. The first-order valence-electron chi connectivity index (χ1n) is 4.02. The van der Waals surface area contributed by atoms with Crippen molar-refractivity contribution in [2.75, 3.05) is 0 Å². The van der Waals surface area contributed by atoms with Crippen molar-refractivity contribution in [3.05, 3.63) is 33.9 Å². The fourth-order valence-electron chi connectivity index (χ4n) is 1.13. The van der Waals surface area contributed by atoms with E-state index in [1.807, 2.05) is 0 Å². The van der Waals surface area contributed by atoms with Crippen LogP contribution in [0.4, 0.5) is 5.69 Å². The van der Waals surface area contributed by atoms with Gasteiger partial charge in [-0.25, -0.2) is 0 Å². The lowest BCUT2D eigenvalue weighted by Gasteiger charge is -2.18. The molecular weight excluding hydrogens is 202 g/mol. The molecule has 1 aromatic carbocycles. The molecule has 5 heteroatoms. The third-order valence-corrected chi connectivity index (χ3v) is 2.09. The molecule has 4 nitrogen and oxygen atoms in total. The van der Waals surface area contributed by atoms with E-state index in [-0.39, 0.29) is 11.4 Å². The van der Waals surface area contributed by atoms with E-state index in [0.717, 1.165) is 0 Å². The predicted octanol–water partition coefficient (Wildman–Crippen LogP) is 2.47. The molecule has 0 aromatic heterocycles. The molecule has 0 atom stereocenters. The zero-order valence-electron chi connectivity index (χ0n) is 7.89. The van der Waals surface area contributed by atoms with E-state index in [4.69, 9.17) is 0 Å². The maximum Gasteiger partial charge on any atom is 0.270 e. The molecule has 0 fully saturated rings. The minimum absolute atomic E-state index is 0.0237. The molecule has 0 saturated carbocycles. The molecule has 0 aliphatic rings. The third-order valence-electron chi connectivity index (χ3n) is 1.85. The fraction of sp³-hybridized carbons (Fsp3) is 0.333. The van der Waals surface area contributed by atoms with Gasteiger partial charge in [-0.1, -0.05) is 0 Å². The van der Waals surface area contributed by atoms with Crippen molar-refractivity contribution in [1.82, 2.24) is 0 Å². The first kappa shape index (κ1) is 10.8. The van der Waals surface area contributed by atoms with Gasteiger partial charge < -0.3 is 5.11 Å². The van der Waals surface area contributed by atoms with Crippen LogP contribution in [-0.2, 0) is 4.75 Å². The Bertz CT molecular complexity index is 371. The van der Waals surface area contributed by atoms with Crippen LogP contribution in [0.25, 0.3) is 0 Å². The maximum absolute atomic E-state index is 10.5. The van der Waals surface area contributed by atoms with Crippen LogP contribution in [-0.4, -0.2) is 10.0 Å². The van der Waals surface area contributed by atoms with Crippen LogP contribution < -0.4 is 0 Å². The predicted molar refractivity (Wildman–Crippen MR) is 56.8 cm³/mol. The molecule has 14 heavy (non-hydrogen) atoms. The molecule has 0 heterocycles. The molecule has 0 saturated heterocycles. The highest BCUT2D eigenvalue weighted by Gasteiger charge is 2.21. The first-order chi connectivity index (χ1) is 6.32. The lowest BCUT2D eigenvalue weighted by molar-refractivity contribution is -0.385. The van der Waals surface area contributed by atoms with Crippen LogP contribution in [0.1, 0.15) is 19.4 Å². The molecule has 76 valence electrons. The molecule has 0 aliphatic carbocycles. The van der Waals surface area contributed by atoms with Crippen molar-refractivity contribution in [2.24, 2.45) is 0 Å². The summed E-state index contributed by atoms with van der Waals surface area (Å²) in [4.78, 5) is 9.99. The molecule has 1 N–H and O–H groups in total. The van der Waals surface area contributed by atoms with E-state index in [1.54, 1.807) is 13.8 Å². The second kappa shape index (κ2) is 3.49. The standard InChI is InChI=1S/C9H11NO3S/c1-9(2,14)7-5-6(10(12)13)3-4-8(7)11/h3-5,11,14H,1-2H3. The zero-order chi connectivity index (χ0) is 10.9. The molecule has 0 spiro atoms. The van der Waals surface area contributed by atoms with Crippen molar-refractivity contribution in [3.63, 3.8) is 0 Å². The maximum atomic E-state index is 10.5. The van der Waals surface area contributed by atoms with Crippen LogP contribution >= 0.6 is 12.6 Å². The van der Waals surface area contributed by atoms with Gasteiger partial charge in [-0.2, -0.15) is 12.6 Å². The number of benzene rings is 1. The van der Waals surface area contributed by atoms with Crippen LogP contribution in [0.3, 0.4) is 0 Å². The monoisotopic (exact) mass is 213 g/mol. The molecule has 1 rings (SSSR count). The van der Waals surface area contributed by atoms with Crippen LogP contribution in [0.2, 0.25) is 0 Å². The Morgan fingerprint density at radius 1 is 1.50 bits per heavy atom. The largest absolute Gasteiger partial charge is 0.508 e. The zero-order valence-corrected chi connectivity index (χ0v) is 8.78. The summed E-state index contributed by atoms with van der Waals surface area (Å²) in [7, 11) is 0. The van der Waals surface area contributed by atoms with Crippen molar-refractivity contribution in [3.8, 4) is 5.75 Å². The molecule has 0 amide bonds. The number of nitro benzene ring substituents is 1. The van der Waals surface area contributed by atoms with Gasteiger partial charge in [0.25, 0.3) is 5.69 Å². The van der Waals surface area contributed by atoms with Crippen LogP contribution in [0, 0.1) is 10.1 Å². The van der Waals surface area contributed by atoms with E-state index >= 15 is 0 Å². The summed E-state index contributed by atoms with van der Waals surface area (Å²) in [6.45, 7) is 3.52. The van der Waals surface area contributed by atoms with Gasteiger partial charge in [0, 0.05) is 22.4 Å². The number of aromatic hydroxyl groups is 1. The van der Waals surface area contributed by atoms with Gasteiger partial charge >= 0.3 is 0 Å². The molecular formula is C9H11NO3S. The normalized spacial score (nSPS) is 11.4. The Balaban J connectivity index is 3.29. The second-order valence-corrected chi connectivity index (χ2v) is 4.64. The lowest BCUT2D eigenvalue weighted by Crippen LogP contribution is -2.08. The van der Waals surface area contributed by atoms with E-state index < -0.39 is 9.67 Å². The summed E-state index contributed by atoms with van der Waals surface area (Å²) in [5.41, 5.74) is 0.412. The van der Waals surface area contributed by atoms with Gasteiger partial charge in [0.1, 0.15) is 5.75 Å². The highest BCUT2D eigenvalue weighted by atomic mass is 32.1. The van der Waals surface area contributed by atoms with E-state index in [0.29, 0.717) is 5.56 Å². The van der Waals surface area contributed by atoms with Crippen molar-refractivity contribution in [1.29, 1.82) is 0 Å². The van der Waals surface area contributed by atoms with Gasteiger partial charge in [0.15, 0.2) is 0 Å². The second-order valence-electron chi connectivity index (χ2n) is 3.52. The fourth-order valence-corrected chi connectivity index (χ4v) is 1.31. The summed E-state index contributed by atoms with van der Waals surface area (Å²) in [5.74, 6) is 0.0237. The molecule has 0 bridgehead atoms. The number of thiol groups is 1. The van der Waals surface area contributed by atoms with Crippen molar-refractivity contribution < 1.29 is 10.0 Å². The van der Waals surface area contributed by atoms with E-state index in [1.165, 1.54) is 18.2 Å². The number of phenols is 1. The van der Waals surface area contributed by atoms with Crippen LogP contribution in [0.15, 0.2) is 18.2 Å².